The number of ether oxygens (including phenoxy) is 4. The number of rotatable bonds is 2. The van der Waals surface area contributed by atoms with Crippen molar-refractivity contribution < 1.29 is 38.7 Å². The van der Waals surface area contributed by atoms with Crippen LogP contribution in [0.3, 0.4) is 0 Å². The van der Waals surface area contributed by atoms with Gasteiger partial charge in [-0.25, -0.2) is 9.59 Å². The van der Waals surface area contributed by atoms with E-state index in [-0.39, 0.29) is 26.4 Å². The highest BCUT2D eigenvalue weighted by atomic mass is 16.6. The van der Waals surface area contributed by atoms with Gasteiger partial charge in [0.2, 0.25) is 0 Å². The second-order valence-corrected chi connectivity index (χ2v) is 3.88. The fourth-order valence-corrected chi connectivity index (χ4v) is 1.48. The zero-order chi connectivity index (χ0) is 14.8. The Morgan fingerprint density at radius 1 is 0.800 bits per heavy atom. The lowest BCUT2D eigenvalue weighted by Gasteiger charge is -2.21. The summed E-state index contributed by atoms with van der Waals surface area (Å²) in [4.78, 5) is 22.1. The van der Waals surface area contributed by atoms with Gasteiger partial charge in [-0.15, -0.1) is 0 Å². The topological polar surface area (TPSA) is 112 Å². The van der Waals surface area contributed by atoms with Crippen LogP contribution in [-0.4, -0.2) is 74.0 Å². The lowest BCUT2D eigenvalue weighted by atomic mass is 10.2. The van der Waals surface area contributed by atoms with Crippen molar-refractivity contribution in [2.45, 2.75) is 12.2 Å². The monoisotopic (exact) mass is 290 g/mol. The molecule has 0 aromatic rings. The Morgan fingerprint density at radius 2 is 1.20 bits per heavy atom. The summed E-state index contributed by atoms with van der Waals surface area (Å²) in [5.74, 6) is -2.80. The van der Waals surface area contributed by atoms with E-state index in [0.29, 0.717) is 13.2 Å². The second-order valence-electron chi connectivity index (χ2n) is 3.88. The average molecular weight is 290 g/mol. The van der Waals surface area contributed by atoms with E-state index >= 15 is 0 Å². The third kappa shape index (κ3) is 6.11. The maximum Gasteiger partial charge on any atom is 0.336 e. The predicted octanol–water partition coefficient (Wildman–Crippen LogP) is -0.471. The van der Waals surface area contributed by atoms with E-state index in [0.717, 1.165) is 0 Å². The average Bonchev–Trinajstić information content (AvgIpc) is 2.40. The Kier molecular flexibility index (Phi) is 7.81. The zero-order valence-corrected chi connectivity index (χ0v) is 10.9. The fraction of sp³-hybridized carbons (Fsp3) is 0.667. The number of carbonyl (C=O) groups is 2. The Bertz CT molecular complexity index is 308. The molecule has 0 aromatic carbocycles. The highest BCUT2D eigenvalue weighted by Gasteiger charge is 2.35. The molecule has 0 radical (unpaired) electrons. The Balaban J connectivity index is 2.65. The third-order valence-electron chi connectivity index (χ3n) is 2.41. The first-order valence-electron chi connectivity index (χ1n) is 6.12. The second kappa shape index (κ2) is 9.43. The summed E-state index contributed by atoms with van der Waals surface area (Å²) in [5, 5.41) is 18.0. The van der Waals surface area contributed by atoms with Crippen LogP contribution in [0.4, 0.5) is 0 Å². The normalized spacial score (nSPS) is 28.2. The van der Waals surface area contributed by atoms with Gasteiger partial charge in [0.05, 0.1) is 39.6 Å². The van der Waals surface area contributed by atoms with E-state index in [9.17, 15) is 9.59 Å². The van der Waals surface area contributed by atoms with Crippen molar-refractivity contribution >= 4 is 11.9 Å². The molecule has 0 bridgehead atoms. The number of carboxylic acid groups (broad SMARTS) is 2. The minimum atomic E-state index is -1.59. The number of carboxylic acids is 2. The molecule has 1 aliphatic heterocycles. The summed E-state index contributed by atoms with van der Waals surface area (Å²) < 4.78 is 20.4. The minimum Gasteiger partial charge on any atom is -0.479 e. The van der Waals surface area contributed by atoms with Crippen LogP contribution in [0.25, 0.3) is 0 Å². The standard InChI is InChI=1S/C12H18O8/c13-11(14)9-10(12(15)16)20-8-6-18-4-2-1-3-17-5-7-19-9/h1-2,9-10H,3-8H2,(H,13,14)(H,15,16)/b2-1+. The molecule has 0 amide bonds. The van der Waals surface area contributed by atoms with Gasteiger partial charge in [0.25, 0.3) is 0 Å². The van der Waals surface area contributed by atoms with E-state index in [1.807, 2.05) is 0 Å². The molecule has 0 saturated heterocycles. The number of hydrogen-bond acceptors (Lipinski definition) is 6. The largest absolute Gasteiger partial charge is 0.479 e. The molecule has 1 aliphatic rings. The van der Waals surface area contributed by atoms with Crippen molar-refractivity contribution in [2.75, 3.05) is 39.6 Å². The van der Waals surface area contributed by atoms with Gasteiger partial charge in [-0.3, -0.25) is 0 Å². The molecular formula is C12H18O8. The van der Waals surface area contributed by atoms with Crippen LogP contribution in [0, 0.1) is 0 Å². The first-order valence-corrected chi connectivity index (χ1v) is 6.12. The molecule has 2 N–H and O–H groups in total. The molecule has 0 spiro atoms. The van der Waals surface area contributed by atoms with E-state index in [2.05, 4.69) is 0 Å². The van der Waals surface area contributed by atoms with Gasteiger partial charge < -0.3 is 29.2 Å². The highest BCUT2D eigenvalue weighted by molar-refractivity contribution is 5.83. The number of aliphatic carboxylic acids is 2. The van der Waals surface area contributed by atoms with Crippen molar-refractivity contribution in [2.24, 2.45) is 0 Å². The Labute approximate surface area is 115 Å². The predicted molar refractivity (Wildman–Crippen MR) is 65.5 cm³/mol. The summed E-state index contributed by atoms with van der Waals surface area (Å²) in [6, 6.07) is 0. The summed E-state index contributed by atoms with van der Waals surface area (Å²) in [7, 11) is 0. The summed E-state index contributed by atoms with van der Waals surface area (Å²) >= 11 is 0. The van der Waals surface area contributed by atoms with Crippen LogP contribution < -0.4 is 0 Å². The lowest BCUT2D eigenvalue weighted by molar-refractivity contribution is -0.178. The summed E-state index contributed by atoms with van der Waals surface area (Å²) in [5.41, 5.74) is 0. The Morgan fingerprint density at radius 3 is 1.55 bits per heavy atom. The first-order chi connectivity index (χ1) is 9.63. The van der Waals surface area contributed by atoms with E-state index in [1.165, 1.54) is 0 Å². The van der Waals surface area contributed by atoms with E-state index < -0.39 is 24.1 Å². The quantitative estimate of drug-likeness (QED) is 0.656. The molecule has 114 valence electrons. The van der Waals surface area contributed by atoms with Gasteiger partial charge in [-0.1, -0.05) is 12.2 Å². The van der Waals surface area contributed by atoms with Gasteiger partial charge in [0, 0.05) is 0 Å². The Hall–Kier alpha value is -1.48. The van der Waals surface area contributed by atoms with Crippen LogP contribution >= 0.6 is 0 Å². The van der Waals surface area contributed by atoms with Crippen LogP contribution in [0.1, 0.15) is 0 Å². The van der Waals surface area contributed by atoms with Gasteiger partial charge in [0.1, 0.15) is 0 Å². The smallest absolute Gasteiger partial charge is 0.336 e. The van der Waals surface area contributed by atoms with E-state index in [4.69, 9.17) is 29.2 Å². The molecular weight excluding hydrogens is 272 g/mol. The maximum absolute atomic E-state index is 11.1. The minimum absolute atomic E-state index is 0.0333. The lowest BCUT2D eigenvalue weighted by Crippen LogP contribution is -2.44. The molecule has 8 nitrogen and oxygen atoms in total. The SMILES string of the molecule is O=C(O)C1OCCOC/C=C/COCCOC1C(=O)O. The van der Waals surface area contributed by atoms with Crippen LogP contribution in [0.5, 0.6) is 0 Å². The van der Waals surface area contributed by atoms with Crippen molar-refractivity contribution in [3.63, 3.8) is 0 Å². The maximum atomic E-state index is 11.1. The zero-order valence-electron chi connectivity index (χ0n) is 10.9. The first kappa shape index (κ1) is 16.6. The molecule has 2 unspecified atom stereocenters. The van der Waals surface area contributed by atoms with Crippen molar-refractivity contribution in [3.8, 4) is 0 Å². The molecule has 0 aliphatic carbocycles. The molecule has 20 heavy (non-hydrogen) atoms. The highest BCUT2D eigenvalue weighted by Crippen LogP contribution is 2.07. The third-order valence-corrected chi connectivity index (χ3v) is 2.41. The molecule has 0 saturated carbocycles. The fourth-order valence-electron chi connectivity index (χ4n) is 1.48. The molecule has 2 atom stereocenters. The molecule has 0 aromatic heterocycles. The van der Waals surface area contributed by atoms with Gasteiger partial charge in [0.15, 0.2) is 12.2 Å². The van der Waals surface area contributed by atoms with Crippen LogP contribution in [-0.2, 0) is 28.5 Å². The van der Waals surface area contributed by atoms with Gasteiger partial charge >= 0.3 is 11.9 Å². The molecule has 0 fully saturated rings. The number of hydrogen-bond donors (Lipinski definition) is 2. The molecule has 1 heterocycles. The van der Waals surface area contributed by atoms with E-state index in [1.54, 1.807) is 12.2 Å². The van der Waals surface area contributed by atoms with Gasteiger partial charge in [-0.05, 0) is 0 Å². The van der Waals surface area contributed by atoms with Crippen LogP contribution in [0.15, 0.2) is 12.2 Å². The summed E-state index contributed by atoms with van der Waals surface area (Å²) in [6.07, 6.45) is 0.354. The molecule has 8 heteroatoms. The van der Waals surface area contributed by atoms with Crippen molar-refractivity contribution in [1.29, 1.82) is 0 Å². The van der Waals surface area contributed by atoms with Gasteiger partial charge in [-0.2, -0.15) is 0 Å². The summed E-state index contributed by atoms with van der Waals surface area (Å²) in [6.45, 7) is 0.943. The molecule has 1 rings (SSSR count). The van der Waals surface area contributed by atoms with Crippen molar-refractivity contribution in [3.05, 3.63) is 12.2 Å². The van der Waals surface area contributed by atoms with Crippen LogP contribution in [0.2, 0.25) is 0 Å². The van der Waals surface area contributed by atoms with Crippen molar-refractivity contribution in [1.82, 2.24) is 0 Å².